The summed E-state index contributed by atoms with van der Waals surface area (Å²) in [6.07, 6.45) is 2.94. The van der Waals surface area contributed by atoms with E-state index < -0.39 is 5.91 Å². The smallest absolute Gasteiger partial charge is 0.260 e. The molecule has 3 amide bonds. The minimum atomic E-state index is -0.414. The summed E-state index contributed by atoms with van der Waals surface area (Å²) in [7, 11) is 0. The molecule has 3 rings (SSSR count). The third-order valence-electron chi connectivity index (χ3n) is 3.68. The third kappa shape index (κ3) is 2.99. The highest BCUT2D eigenvalue weighted by Crippen LogP contribution is 2.25. The molecule has 2 aliphatic heterocycles. The molecule has 0 radical (unpaired) electrons. The molecule has 0 bridgehead atoms. The number of carbonyl (C=O) groups is 3. The van der Waals surface area contributed by atoms with Crippen molar-refractivity contribution < 1.29 is 14.4 Å². The van der Waals surface area contributed by atoms with E-state index in [1.54, 1.807) is 12.3 Å². The second-order valence-electron chi connectivity index (χ2n) is 5.24. The average molecular weight is 411 g/mol. The van der Waals surface area contributed by atoms with Crippen LogP contribution in [-0.2, 0) is 9.59 Å². The number of hydrogen-bond donors (Lipinski definition) is 3. The first kappa shape index (κ1) is 15.0. The zero-order valence-corrected chi connectivity index (χ0v) is 13.8. The van der Waals surface area contributed by atoms with Crippen LogP contribution in [0.5, 0.6) is 0 Å². The van der Waals surface area contributed by atoms with Crippen LogP contribution in [0.25, 0.3) is 5.57 Å². The van der Waals surface area contributed by atoms with Gasteiger partial charge in [0.15, 0.2) is 0 Å². The van der Waals surface area contributed by atoms with E-state index in [9.17, 15) is 14.4 Å². The van der Waals surface area contributed by atoms with E-state index in [2.05, 4.69) is 38.5 Å². The van der Waals surface area contributed by atoms with Crippen LogP contribution in [0.1, 0.15) is 28.8 Å². The van der Waals surface area contributed by atoms with Gasteiger partial charge in [-0.25, -0.2) is 0 Å². The molecule has 7 heteroatoms. The van der Waals surface area contributed by atoms with E-state index >= 15 is 0 Å². The molecular weight excluding hydrogens is 397 g/mol. The van der Waals surface area contributed by atoms with Crippen LogP contribution >= 0.6 is 22.6 Å². The zero-order chi connectivity index (χ0) is 15.7. The highest BCUT2D eigenvalue weighted by atomic mass is 127. The molecule has 1 atom stereocenters. The lowest BCUT2D eigenvalue weighted by atomic mass is 9.95. The summed E-state index contributed by atoms with van der Waals surface area (Å²) < 4.78 is 0.952. The highest BCUT2D eigenvalue weighted by molar-refractivity contribution is 14.1. The molecular formula is C15H14IN3O3. The Kier molecular flexibility index (Phi) is 4.14. The number of rotatable bonds is 3. The number of carbonyl (C=O) groups excluding carboxylic acids is 3. The number of benzene rings is 1. The van der Waals surface area contributed by atoms with Crippen molar-refractivity contribution in [1.29, 1.82) is 0 Å². The lowest BCUT2D eigenvalue weighted by Crippen LogP contribution is -2.38. The van der Waals surface area contributed by atoms with Gasteiger partial charge in [0.1, 0.15) is 0 Å². The summed E-state index contributed by atoms with van der Waals surface area (Å²) in [6, 6.07) is 5.43. The van der Waals surface area contributed by atoms with Crippen LogP contribution in [0.4, 0.5) is 0 Å². The van der Waals surface area contributed by atoms with Crippen molar-refractivity contribution in [3.05, 3.63) is 39.1 Å². The van der Waals surface area contributed by atoms with Crippen LogP contribution in [0.2, 0.25) is 0 Å². The summed E-state index contributed by atoms with van der Waals surface area (Å²) in [5.74, 6) is -0.737. The number of halogens is 1. The maximum absolute atomic E-state index is 12.0. The van der Waals surface area contributed by atoms with Gasteiger partial charge in [-0.1, -0.05) is 0 Å². The molecule has 6 nitrogen and oxygen atoms in total. The number of hydrogen-bond acceptors (Lipinski definition) is 4. The Morgan fingerprint density at radius 1 is 1.23 bits per heavy atom. The van der Waals surface area contributed by atoms with Crippen LogP contribution in [0.3, 0.4) is 0 Å². The van der Waals surface area contributed by atoms with Gasteiger partial charge in [-0.3, -0.25) is 19.7 Å². The van der Waals surface area contributed by atoms with Gasteiger partial charge in [-0.2, -0.15) is 0 Å². The largest absolute Gasteiger partial charge is 0.388 e. The summed E-state index contributed by atoms with van der Waals surface area (Å²) in [5, 5.41) is 8.26. The third-order valence-corrected chi connectivity index (χ3v) is 4.35. The van der Waals surface area contributed by atoms with Crippen molar-refractivity contribution in [2.24, 2.45) is 0 Å². The maximum Gasteiger partial charge on any atom is 0.260 e. The summed E-state index contributed by atoms with van der Waals surface area (Å²) in [6.45, 7) is 0.551. The highest BCUT2D eigenvalue weighted by Gasteiger charge is 2.27. The van der Waals surface area contributed by atoms with E-state index in [-0.39, 0.29) is 17.9 Å². The molecule has 1 unspecified atom stereocenters. The van der Waals surface area contributed by atoms with Gasteiger partial charge in [0.05, 0.1) is 5.57 Å². The van der Waals surface area contributed by atoms with E-state index in [4.69, 9.17) is 0 Å². The number of fused-ring (bicyclic) bond motifs is 1. The second kappa shape index (κ2) is 6.07. The molecule has 0 aromatic heterocycles. The SMILES string of the molecule is O=C1CCC(CN/C=C2/C(=O)NC(=O)c3ccc(I)cc32)N1. The maximum atomic E-state index is 12.0. The Bertz CT molecular complexity index is 699. The van der Waals surface area contributed by atoms with Gasteiger partial charge in [0.25, 0.3) is 11.8 Å². The Morgan fingerprint density at radius 2 is 2.05 bits per heavy atom. The molecule has 3 N–H and O–H groups in total. The van der Waals surface area contributed by atoms with Gasteiger partial charge in [0, 0.05) is 39.9 Å². The fourth-order valence-electron chi connectivity index (χ4n) is 2.57. The molecule has 0 aliphatic carbocycles. The first-order chi connectivity index (χ1) is 10.5. The summed E-state index contributed by atoms with van der Waals surface area (Å²) in [5.41, 5.74) is 1.54. The van der Waals surface area contributed by atoms with Crippen molar-refractivity contribution in [2.75, 3.05) is 6.54 Å². The Morgan fingerprint density at radius 3 is 2.77 bits per heavy atom. The first-order valence-electron chi connectivity index (χ1n) is 6.93. The number of amides is 3. The Balaban J connectivity index is 1.80. The quantitative estimate of drug-likeness (QED) is 0.390. The molecule has 2 heterocycles. The van der Waals surface area contributed by atoms with E-state index in [0.29, 0.717) is 29.7 Å². The molecule has 0 spiro atoms. The average Bonchev–Trinajstić information content (AvgIpc) is 2.87. The second-order valence-corrected chi connectivity index (χ2v) is 6.49. The molecule has 1 aromatic carbocycles. The summed E-state index contributed by atoms with van der Waals surface area (Å²) in [4.78, 5) is 35.0. The molecule has 2 aliphatic rings. The molecule has 1 saturated heterocycles. The molecule has 0 saturated carbocycles. The van der Waals surface area contributed by atoms with E-state index in [1.165, 1.54) is 0 Å². The van der Waals surface area contributed by atoms with Gasteiger partial charge >= 0.3 is 0 Å². The zero-order valence-electron chi connectivity index (χ0n) is 11.6. The standard InChI is InChI=1S/C15H14IN3O3/c16-8-1-3-10-11(5-8)12(15(22)19-14(10)21)7-17-6-9-2-4-13(20)18-9/h1,3,5,7,9,17H,2,4,6H2,(H,18,20)(H,19,21,22)/b12-7+. The predicted octanol–water partition coefficient (Wildman–Crippen LogP) is 0.770. The Hall–Kier alpha value is -1.90. The van der Waals surface area contributed by atoms with Gasteiger partial charge in [0.2, 0.25) is 5.91 Å². The van der Waals surface area contributed by atoms with Crippen molar-refractivity contribution in [3.8, 4) is 0 Å². The van der Waals surface area contributed by atoms with Crippen LogP contribution in [0, 0.1) is 3.57 Å². The predicted molar refractivity (Wildman–Crippen MR) is 88.8 cm³/mol. The van der Waals surface area contributed by atoms with Crippen LogP contribution in [-0.4, -0.2) is 30.3 Å². The molecule has 1 fully saturated rings. The molecule has 22 heavy (non-hydrogen) atoms. The number of nitrogens with one attached hydrogen (secondary N) is 3. The van der Waals surface area contributed by atoms with Crippen LogP contribution in [0.15, 0.2) is 24.4 Å². The minimum absolute atomic E-state index is 0.0559. The first-order valence-corrected chi connectivity index (χ1v) is 8.01. The Labute approximate surface area is 140 Å². The van der Waals surface area contributed by atoms with Gasteiger partial charge < -0.3 is 10.6 Å². The monoisotopic (exact) mass is 411 g/mol. The van der Waals surface area contributed by atoms with Crippen molar-refractivity contribution in [1.82, 2.24) is 16.0 Å². The summed E-state index contributed by atoms with van der Waals surface area (Å²) >= 11 is 2.14. The van der Waals surface area contributed by atoms with Crippen molar-refractivity contribution in [2.45, 2.75) is 18.9 Å². The van der Waals surface area contributed by atoms with Crippen molar-refractivity contribution >= 4 is 45.9 Å². The lowest BCUT2D eigenvalue weighted by molar-refractivity contribution is -0.119. The van der Waals surface area contributed by atoms with Gasteiger partial charge in [-0.15, -0.1) is 0 Å². The normalized spacial score (nSPS) is 22.3. The molecule has 114 valence electrons. The van der Waals surface area contributed by atoms with E-state index in [0.717, 1.165) is 9.99 Å². The molecule has 1 aromatic rings. The van der Waals surface area contributed by atoms with Gasteiger partial charge in [-0.05, 0) is 47.2 Å². The fraction of sp³-hybridized carbons (Fsp3) is 0.267. The van der Waals surface area contributed by atoms with E-state index in [1.807, 2.05) is 12.1 Å². The van der Waals surface area contributed by atoms with Crippen molar-refractivity contribution in [3.63, 3.8) is 0 Å². The van der Waals surface area contributed by atoms with Crippen LogP contribution < -0.4 is 16.0 Å². The topological polar surface area (TPSA) is 87.3 Å². The number of imide groups is 1. The minimum Gasteiger partial charge on any atom is -0.388 e. The fourth-order valence-corrected chi connectivity index (χ4v) is 3.07. The lowest BCUT2D eigenvalue weighted by Gasteiger charge is -2.19.